The molecule has 0 saturated heterocycles. The fourth-order valence-corrected chi connectivity index (χ4v) is 4.27. The van der Waals surface area contributed by atoms with Crippen molar-refractivity contribution in [1.29, 1.82) is 0 Å². The lowest BCUT2D eigenvalue weighted by Crippen LogP contribution is -2.39. The zero-order chi connectivity index (χ0) is 24.8. The van der Waals surface area contributed by atoms with Crippen LogP contribution in [0.2, 0.25) is 5.02 Å². The Morgan fingerprint density at radius 2 is 1.74 bits per heavy atom. The van der Waals surface area contributed by atoms with Gasteiger partial charge < -0.3 is 19.7 Å². The van der Waals surface area contributed by atoms with Gasteiger partial charge in [-0.1, -0.05) is 43.0 Å². The molecule has 1 atom stereocenters. The quantitative estimate of drug-likeness (QED) is 0.540. The molecule has 1 unspecified atom stereocenters. The summed E-state index contributed by atoms with van der Waals surface area (Å²) in [6.45, 7) is 3.28. The van der Waals surface area contributed by atoms with Crippen LogP contribution in [0, 0.1) is 6.92 Å². The Kier molecular flexibility index (Phi) is 8.56. The minimum absolute atomic E-state index is 0.134. The van der Waals surface area contributed by atoms with Crippen molar-refractivity contribution in [3.05, 3.63) is 58.1 Å². The van der Waals surface area contributed by atoms with E-state index in [9.17, 15) is 14.4 Å². The summed E-state index contributed by atoms with van der Waals surface area (Å²) in [6.07, 6.45) is 4.18. The van der Waals surface area contributed by atoms with Crippen molar-refractivity contribution in [2.24, 2.45) is 0 Å². The summed E-state index contributed by atoms with van der Waals surface area (Å²) in [4.78, 5) is 40.6. The van der Waals surface area contributed by atoms with Gasteiger partial charge in [-0.05, 0) is 50.5 Å². The van der Waals surface area contributed by atoms with Crippen molar-refractivity contribution in [2.75, 3.05) is 19.5 Å². The van der Waals surface area contributed by atoms with Crippen LogP contribution >= 0.6 is 11.6 Å². The molecular formula is C26H31ClN2O5. The number of carbonyl (C=O) groups is 3. The van der Waals surface area contributed by atoms with E-state index in [1.54, 1.807) is 55.3 Å². The topological polar surface area (TPSA) is 84.9 Å². The van der Waals surface area contributed by atoms with Gasteiger partial charge in [0, 0.05) is 24.2 Å². The zero-order valence-corrected chi connectivity index (χ0v) is 20.8. The smallest absolute Gasteiger partial charge is 0.339 e. The summed E-state index contributed by atoms with van der Waals surface area (Å²) in [5, 5.41) is 3.22. The first-order chi connectivity index (χ1) is 16.2. The fourth-order valence-electron chi connectivity index (χ4n) is 4.11. The standard InChI is InChI=1S/C26H31ClN2O5/c1-16-14-22(23(33-4)15-21(16)27)28-24(30)17(2)34-26(32)20-13-9-8-12-19(20)25(31)29(3)18-10-6-5-7-11-18/h8-9,12-15,17-18H,5-7,10-11H2,1-4H3,(H,28,30). The average molecular weight is 487 g/mol. The normalized spacial score (nSPS) is 14.7. The highest BCUT2D eigenvalue weighted by Gasteiger charge is 2.28. The largest absolute Gasteiger partial charge is 0.495 e. The number of ether oxygens (including phenoxy) is 2. The van der Waals surface area contributed by atoms with E-state index in [0.717, 1.165) is 31.2 Å². The molecule has 0 aromatic heterocycles. The number of methoxy groups -OCH3 is 1. The van der Waals surface area contributed by atoms with Gasteiger partial charge in [-0.25, -0.2) is 4.79 Å². The predicted molar refractivity (Wildman–Crippen MR) is 132 cm³/mol. The fraction of sp³-hybridized carbons (Fsp3) is 0.423. The average Bonchev–Trinajstić information content (AvgIpc) is 2.85. The monoisotopic (exact) mass is 486 g/mol. The molecule has 0 bridgehead atoms. The highest BCUT2D eigenvalue weighted by molar-refractivity contribution is 6.31. The molecule has 1 aliphatic rings. The number of hydrogen-bond acceptors (Lipinski definition) is 5. The number of hydrogen-bond donors (Lipinski definition) is 1. The van der Waals surface area contributed by atoms with Crippen LogP contribution < -0.4 is 10.1 Å². The molecular weight excluding hydrogens is 456 g/mol. The Hall–Kier alpha value is -3.06. The maximum absolute atomic E-state index is 13.2. The lowest BCUT2D eigenvalue weighted by Gasteiger charge is -2.31. The lowest BCUT2D eigenvalue weighted by molar-refractivity contribution is -0.123. The van der Waals surface area contributed by atoms with Crippen molar-refractivity contribution < 1.29 is 23.9 Å². The van der Waals surface area contributed by atoms with E-state index in [-0.39, 0.29) is 23.1 Å². The van der Waals surface area contributed by atoms with Gasteiger partial charge in [-0.3, -0.25) is 9.59 Å². The van der Waals surface area contributed by atoms with Gasteiger partial charge in [0.25, 0.3) is 11.8 Å². The lowest BCUT2D eigenvalue weighted by atomic mass is 9.94. The van der Waals surface area contributed by atoms with Gasteiger partial charge in [0.2, 0.25) is 0 Å². The van der Waals surface area contributed by atoms with Crippen molar-refractivity contribution >= 4 is 35.1 Å². The SMILES string of the molecule is COc1cc(Cl)c(C)cc1NC(=O)C(C)OC(=O)c1ccccc1C(=O)N(C)C1CCCCC1. The minimum atomic E-state index is -1.10. The number of benzene rings is 2. The molecule has 8 heteroatoms. The van der Waals surface area contributed by atoms with Crippen molar-refractivity contribution in [3.8, 4) is 5.75 Å². The first-order valence-electron chi connectivity index (χ1n) is 11.4. The van der Waals surface area contributed by atoms with E-state index in [1.165, 1.54) is 20.5 Å². The van der Waals surface area contributed by atoms with Crippen LogP contribution in [0.5, 0.6) is 5.75 Å². The van der Waals surface area contributed by atoms with Crippen LogP contribution in [0.15, 0.2) is 36.4 Å². The molecule has 1 N–H and O–H groups in total. The molecule has 1 fully saturated rings. The number of amides is 2. The number of halogens is 1. The van der Waals surface area contributed by atoms with E-state index in [0.29, 0.717) is 16.5 Å². The van der Waals surface area contributed by atoms with Gasteiger partial charge in [0.1, 0.15) is 5.75 Å². The first-order valence-corrected chi connectivity index (χ1v) is 11.8. The van der Waals surface area contributed by atoms with Crippen LogP contribution in [0.4, 0.5) is 5.69 Å². The second-order valence-electron chi connectivity index (χ2n) is 8.59. The maximum Gasteiger partial charge on any atom is 0.339 e. The molecule has 0 heterocycles. The maximum atomic E-state index is 13.2. The molecule has 2 aromatic carbocycles. The second-order valence-corrected chi connectivity index (χ2v) is 9.00. The number of rotatable bonds is 7. The van der Waals surface area contributed by atoms with Gasteiger partial charge >= 0.3 is 5.97 Å². The van der Waals surface area contributed by atoms with Gasteiger partial charge in [-0.15, -0.1) is 0 Å². The molecule has 182 valence electrons. The highest BCUT2D eigenvalue weighted by Crippen LogP contribution is 2.31. The second kappa shape index (κ2) is 11.4. The van der Waals surface area contributed by atoms with Crippen molar-refractivity contribution in [1.82, 2.24) is 4.90 Å². The molecule has 34 heavy (non-hydrogen) atoms. The van der Waals surface area contributed by atoms with E-state index < -0.39 is 18.0 Å². The van der Waals surface area contributed by atoms with Gasteiger partial charge in [-0.2, -0.15) is 0 Å². The number of carbonyl (C=O) groups excluding carboxylic acids is 3. The molecule has 0 aliphatic heterocycles. The summed E-state index contributed by atoms with van der Waals surface area (Å²) in [5.41, 5.74) is 1.58. The zero-order valence-electron chi connectivity index (χ0n) is 20.0. The van der Waals surface area contributed by atoms with Crippen LogP contribution in [0.25, 0.3) is 0 Å². The predicted octanol–water partition coefficient (Wildman–Crippen LogP) is 5.25. The van der Waals surface area contributed by atoms with Crippen LogP contribution in [-0.4, -0.2) is 49.0 Å². The van der Waals surface area contributed by atoms with E-state index >= 15 is 0 Å². The van der Waals surface area contributed by atoms with Crippen LogP contribution in [-0.2, 0) is 9.53 Å². The first kappa shape index (κ1) is 25.6. The Morgan fingerprint density at radius 3 is 2.38 bits per heavy atom. The van der Waals surface area contributed by atoms with Crippen LogP contribution in [0.1, 0.15) is 65.3 Å². The Labute approximate surface area is 205 Å². The molecule has 0 spiro atoms. The van der Waals surface area contributed by atoms with E-state index in [2.05, 4.69) is 5.32 Å². The van der Waals surface area contributed by atoms with Crippen molar-refractivity contribution in [2.45, 2.75) is 58.1 Å². The molecule has 7 nitrogen and oxygen atoms in total. The highest BCUT2D eigenvalue weighted by atomic mass is 35.5. The van der Waals surface area contributed by atoms with E-state index in [4.69, 9.17) is 21.1 Å². The summed E-state index contributed by atoms with van der Waals surface area (Å²) in [6, 6.07) is 9.98. The molecule has 1 saturated carbocycles. The Balaban J connectivity index is 1.71. The molecule has 0 radical (unpaired) electrons. The number of nitrogens with zero attached hydrogens (tertiary/aromatic N) is 1. The third-order valence-electron chi connectivity index (χ3n) is 6.21. The third-order valence-corrected chi connectivity index (χ3v) is 6.62. The summed E-state index contributed by atoms with van der Waals surface area (Å²) in [7, 11) is 3.25. The summed E-state index contributed by atoms with van der Waals surface area (Å²) in [5.74, 6) is -1.10. The minimum Gasteiger partial charge on any atom is -0.495 e. The summed E-state index contributed by atoms with van der Waals surface area (Å²) < 4.78 is 10.7. The number of nitrogens with one attached hydrogen (secondary N) is 1. The molecule has 2 amide bonds. The Bertz CT molecular complexity index is 1070. The van der Waals surface area contributed by atoms with Crippen LogP contribution in [0.3, 0.4) is 0 Å². The number of anilines is 1. The summed E-state index contributed by atoms with van der Waals surface area (Å²) >= 11 is 6.12. The van der Waals surface area contributed by atoms with Gasteiger partial charge in [0.15, 0.2) is 6.10 Å². The molecule has 1 aliphatic carbocycles. The van der Waals surface area contributed by atoms with Gasteiger partial charge in [0.05, 0.1) is 23.9 Å². The number of esters is 1. The molecule has 2 aromatic rings. The third kappa shape index (κ3) is 5.89. The molecule has 3 rings (SSSR count). The number of aryl methyl sites for hydroxylation is 1. The van der Waals surface area contributed by atoms with E-state index in [1.807, 2.05) is 0 Å². The Morgan fingerprint density at radius 1 is 1.09 bits per heavy atom. The van der Waals surface area contributed by atoms with Crippen molar-refractivity contribution in [3.63, 3.8) is 0 Å².